The molecule has 0 spiro atoms. The lowest BCUT2D eigenvalue weighted by Crippen LogP contribution is -2.13. The van der Waals surface area contributed by atoms with Gasteiger partial charge in [-0.05, 0) is 19.1 Å². The minimum atomic E-state index is -0.397. The number of imidazole rings is 1. The first kappa shape index (κ1) is 14.4. The summed E-state index contributed by atoms with van der Waals surface area (Å²) in [5, 5.41) is 9.42. The Bertz CT molecular complexity index is 838. The Morgan fingerprint density at radius 2 is 1.95 bits per heavy atom. The number of Topliss-reactive ketones (excluding diaryl/α,β-unsaturated/α-hetero) is 1. The van der Waals surface area contributed by atoms with Crippen molar-refractivity contribution in [2.24, 2.45) is 0 Å². The Morgan fingerprint density at radius 3 is 2.64 bits per heavy atom. The van der Waals surface area contributed by atoms with Crippen LogP contribution in [0.3, 0.4) is 0 Å². The molecule has 0 aliphatic rings. The quantitative estimate of drug-likeness (QED) is 0.754. The summed E-state index contributed by atoms with van der Waals surface area (Å²) in [6.45, 7) is 1.70. The Balaban J connectivity index is 1.99. The maximum Gasteiger partial charge on any atom is 0.182 e. The molecule has 112 valence electrons. The van der Waals surface area contributed by atoms with Crippen LogP contribution in [0.15, 0.2) is 42.5 Å². The number of aryl methyl sites for hydroxylation is 1. The van der Waals surface area contributed by atoms with Crippen LogP contribution in [-0.4, -0.2) is 20.4 Å². The van der Waals surface area contributed by atoms with E-state index in [9.17, 15) is 14.3 Å². The van der Waals surface area contributed by atoms with E-state index >= 15 is 0 Å². The second-order valence-electron chi connectivity index (χ2n) is 5.19. The predicted molar refractivity (Wildman–Crippen MR) is 81.1 cm³/mol. The molecule has 0 unspecified atom stereocenters. The number of ketones is 1. The number of aliphatic hydroxyl groups is 1. The van der Waals surface area contributed by atoms with Gasteiger partial charge in [0.05, 0.1) is 17.6 Å². The van der Waals surface area contributed by atoms with Gasteiger partial charge in [0.1, 0.15) is 18.2 Å². The minimum Gasteiger partial charge on any atom is -0.388 e. The average Bonchev–Trinajstić information content (AvgIpc) is 2.84. The molecule has 3 aromatic rings. The molecule has 0 bridgehead atoms. The predicted octanol–water partition coefficient (Wildman–Crippen LogP) is 2.86. The maximum absolute atomic E-state index is 13.3. The smallest absolute Gasteiger partial charge is 0.182 e. The van der Waals surface area contributed by atoms with Gasteiger partial charge in [0.2, 0.25) is 0 Å². The number of halogens is 1. The fraction of sp³-hybridized carbons (Fsp3) is 0.176. The monoisotopic (exact) mass is 298 g/mol. The van der Waals surface area contributed by atoms with E-state index in [1.807, 2.05) is 19.1 Å². The summed E-state index contributed by atoms with van der Waals surface area (Å²) in [7, 11) is 0. The number of carbonyl (C=O) groups excluding carboxylic acids is 1. The number of carbonyl (C=O) groups is 1. The lowest BCUT2D eigenvalue weighted by atomic mass is 10.1. The van der Waals surface area contributed by atoms with E-state index in [0.717, 1.165) is 5.56 Å². The summed E-state index contributed by atoms with van der Waals surface area (Å²) < 4.78 is 14.9. The molecule has 0 radical (unpaired) electrons. The first-order valence-corrected chi connectivity index (χ1v) is 6.94. The van der Waals surface area contributed by atoms with Crippen molar-refractivity contribution < 1.29 is 14.3 Å². The number of nitrogens with zero attached hydrogens (tertiary/aromatic N) is 2. The highest BCUT2D eigenvalue weighted by atomic mass is 19.1. The Kier molecular flexibility index (Phi) is 3.73. The molecular weight excluding hydrogens is 283 g/mol. The molecule has 3 rings (SSSR count). The van der Waals surface area contributed by atoms with Crippen LogP contribution in [-0.2, 0) is 13.2 Å². The van der Waals surface area contributed by atoms with E-state index in [2.05, 4.69) is 4.98 Å². The van der Waals surface area contributed by atoms with Gasteiger partial charge in [-0.15, -0.1) is 0 Å². The van der Waals surface area contributed by atoms with E-state index in [1.54, 1.807) is 22.8 Å². The molecule has 22 heavy (non-hydrogen) atoms. The number of hydrogen-bond donors (Lipinski definition) is 1. The molecule has 1 heterocycles. The number of fused-ring (bicyclic) bond motifs is 1. The van der Waals surface area contributed by atoms with E-state index in [4.69, 9.17) is 0 Å². The topological polar surface area (TPSA) is 55.1 Å². The fourth-order valence-corrected chi connectivity index (χ4v) is 2.42. The summed E-state index contributed by atoms with van der Waals surface area (Å²) in [5.41, 5.74) is 2.74. The number of aliphatic hydroxyl groups excluding tert-OH is 1. The van der Waals surface area contributed by atoms with Crippen molar-refractivity contribution in [2.45, 2.75) is 20.1 Å². The van der Waals surface area contributed by atoms with Crippen molar-refractivity contribution in [1.82, 2.24) is 9.55 Å². The van der Waals surface area contributed by atoms with Crippen LogP contribution in [0.1, 0.15) is 21.7 Å². The van der Waals surface area contributed by atoms with Gasteiger partial charge < -0.3 is 9.67 Å². The molecule has 1 N–H and O–H groups in total. The first-order chi connectivity index (χ1) is 10.6. The molecule has 0 fully saturated rings. The molecule has 5 heteroatoms. The van der Waals surface area contributed by atoms with Crippen LogP contribution in [0.2, 0.25) is 0 Å². The zero-order valence-corrected chi connectivity index (χ0v) is 12.1. The van der Waals surface area contributed by atoms with Crippen LogP contribution in [0.25, 0.3) is 11.0 Å². The van der Waals surface area contributed by atoms with Crippen LogP contribution in [0.5, 0.6) is 0 Å². The minimum absolute atomic E-state index is 0.0566. The molecule has 0 atom stereocenters. The number of aromatic nitrogens is 2. The average molecular weight is 298 g/mol. The second kappa shape index (κ2) is 5.69. The number of benzene rings is 2. The molecule has 0 amide bonds. The SMILES string of the molecule is Cc1ccc(C(=O)Cn2c(CO)nc3cc(F)ccc32)cc1. The Labute approximate surface area is 126 Å². The lowest BCUT2D eigenvalue weighted by molar-refractivity contribution is 0.0970. The second-order valence-corrected chi connectivity index (χ2v) is 5.19. The standard InChI is InChI=1S/C17H15FN2O2/c1-11-2-4-12(5-3-11)16(22)9-20-15-7-6-13(18)8-14(15)19-17(20)10-21/h2-8,21H,9-10H2,1H3. The summed E-state index contributed by atoms with van der Waals surface area (Å²) in [6.07, 6.45) is 0. The lowest BCUT2D eigenvalue weighted by Gasteiger charge is -2.07. The van der Waals surface area contributed by atoms with E-state index in [-0.39, 0.29) is 18.9 Å². The third kappa shape index (κ3) is 2.63. The zero-order chi connectivity index (χ0) is 15.7. The maximum atomic E-state index is 13.3. The van der Waals surface area contributed by atoms with Gasteiger partial charge in [0, 0.05) is 11.6 Å². The zero-order valence-electron chi connectivity index (χ0n) is 12.1. The van der Waals surface area contributed by atoms with Gasteiger partial charge in [-0.3, -0.25) is 4.79 Å². The molecule has 0 saturated heterocycles. The third-order valence-electron chi connectivity index (χ3n) is 3.61. The van der Waals surface area contributed by atoms with Crippen molar-refractivity contribution >= 4 is 16.8 Å². The molecule has 0 aliphatic carbocycles. The third-order valence-corrected chi connectivity index (χ3v) is 3.61. The van der Waals surface area contributed by atoms with Crippen LogP contribution >= 0.6 is 0 Å². The highest BCUT2D eigenvalue weighted by Crippen LogP contribution is 2.18. The largest absolute Gasteiger partial charge is 0.388 e. The van der Waals surface area contributed by atoms with Crippen molar-refractivity contribution in [3.05, 3.63) is 65.2 Å². The summed E-state index contributed by atoms with van der Waals surface area (Å²) in [4.78, 5) is 16.6. The van der Waals surface area contributed by atoms with E-state index < -0.39 is 5.82 Å². The van der Waals surface area contributed by atoms with Crippen LogP contribution in [0, 0.1) is 12.7 Å². The van der Waals surface area contributed by atoms with E-state index in [0.29, 0.717) is 22.4 Å². The van der Waals surface area contributed by atoms with E-state index in [1.165, 1.54) is 12.1 Å². The van der Waals surface area contributed by atoms with Gasteiger partial charge in [0.15, 0.2) is 5.78 Å². The molecule has 0 aliphatic heterocycles. The highest BCUT2D eigenvalue weighted by Gasteiger charge is 2.14. The molecule has 0 saturated carbocycles. The van der Waals surface area contributed by atoms with Gasteiger partial charge in [-0.2, -0.15) is 0 Å². The van der Waals surface area contributed by atoms with Gasteiger partial charge >= 0.3 is 0 Å². The summed E-state index contributed by atoms with van der Waals surface area (Å²) >= 11 is 0. The molecule has 1 aromatic heterocycles. The highest BCUT2D eigenvalue weighted by molar-refractivity contribution is 5.96. The number of rotatable bonds is 4. The van der Waals surface area contributed by atoms with Gasteiger partial charge in [-0.1, -0.05) is 29.8 Å². The van der Waals surface area contributed by atoms with Crippen molar-refractivity contribution in [1.29, 1.82) is 0 Å². The molecule has 2 aromatic carbocycles. The first-order valence-electron chi connectivity index (χ1n) is 6.94. The molecular formula is C17H15FN2O2. The number of hydrogen-bond acceptors (Lipinski definition) is 3. The van der Waals surface area contributed by atoms with Crippen molar-refractivity contribution in [3.8, 4) is 0 Å². The Morgan fingerprint density at radius 1 is 1.23 bits per heavy atom. The summed E-state index contributed by atoms with van der Waals surface area (Å²) in [6, 6.07) is 11.5. The normalized spacial score (nSPS) is 11.0. The van der Waals surface area contributed by atoms with Crippen molar-refractivity contribution in [3.63, 3.8) is 0 Å². The van der Waals surface area contributed by atoms with Crippen LogP contribution < -0.4 is 0 Å². The molecule has 4 nitrogen and oxygen atoms in total. The van der Waals surface area contributed by atoms with Gasteiger partial charge in [-0.25, -0.2) is 9.37 Å². The van der Waals surface area contributed by atoms with Gasteiger partial charge in [0.25, 0.3) is 0 Å². The Hall–Kier alpha value is -2.53. The fourth-order valence-electron chi connectivity index (χ4n) is 2.42. The summed E-state index contributed by atoms with van der Waals surface area (Å²) in [5.74, 6) is -0.133. The van der Waals surface area contributed by atoms with Crippen molar-refractivity contribution in [2.75, 3.05) is 0 Å². The van der Waals surface area contributed by atoms with Crippen LogP contribution in [0.4, 0.5) is 4.39 Å².